The molecule has 0 bridgehead atoms. The van der Waals surface area contributed by atoms with Gasteiger partial charge in [0.15, 0.2) is 0 Å². The van der Waals surface area contributed by atoms with Gasteiger partial charge < -0.3 is 4.57 Å². The Morgan fingerprint density at radius 1 is 1.42 bits per heavy atom. The highest BCUT2D eigenvalue weighted by Crippen LogP contribution is 2.34. The lowest BCUT2D eigenvalue weighted by molar-refractivity contribution is 0.951. The van der Waals surface area contributed by atoms with Crippen molar-refractivity contribution in [1.29, 1.82) is 0 Å². The smallest absolute Gasteiger partial charge is 0.0697 e. The molecule has 58 valence electrons. The van der Waals surface area contributed by atoms with Crippen molar-refractivity contribution < 1.29 is 0 Å². The Morgan fingerprint density at radius 3 is 3.42 bits per heavy atom. The van der Waals surface area contributed by atoms with E-state index >= 15 is 0 Å². The van der Waals surface area contributed by atoms with Gasteiger partial charge in [0.1, 0.15) is 0 Å². The fourth-order valence-electron chi connectivity index (χ4n) is 1.76. The number of aliphatic imine (C=N–C) groups is 1. The fraction of sp³-hybridized carbons (Fsp3) is 0.100. The second kappa shape index (κ2) is 1.97. The Morgan fingerprint density at radius 2 is 2.42 bits per heavy atom. The van der Waals surface area contributed by atoms with E-state index in [2.05, 4.69) is 40.2 Å². The van der Waals surface area contributed by atoms with Crippen LogP contribution >= 0.6 is 0 Å². The molecule has 1 aromatic heterocycles. The van der Waals surface area contributed by atoms with Crippen LogP contribution in [0.15, 0.2) is 41.2 Å². The standard InChI is InChI=1S/C10H8N2/c1-3-8-9(11-5-1)7-12-6-2-4-10(8)12/h1-8H. The molecule has 0 saturated heterocycles. The van der Waals surface area contributed by atoms with Crippen molar-refractivity contribution in [2.75, 3.05) is 0 Å². The van der Waals surface area contributed by atoms with Gasteiger partial charge in [-0.3, -0.25) is 4.99 Å². The monoisotopic (exact) mass is 156 g/mol. The fourth-order valence-corrected chi connectivity index (χ4v) is 1.76. The normalized spacial score (nSPS) is 23.7. The van der Waals surface area contributed by atoms with Crippen LogP contribution in [0.1, 0.15) is 11.6 Å². The number of dihydropyridines is 1. The van der Waals surface area contributed by atoms with E-state index in [1.807, 2.05) is 12.3 Å². The van der Waals surface area contributed by atoms with Crippen LogP contribution in [0, 0.1) is 0 Å². The molecule has 2 aliphatic rings. The summed E-state index contributed by atoms with van der Waals surface area (Å²) in [6.45, 7) is 0. The lowest BCUT2D eigenvalue weighted by Crippen LogP contribution is -1.96. The molecule has 12 heavy (non-hydrogen) atoms. The Bertz CT molecular complexity index is 407. The molecule has 0 amide bonds. The van der Waals surface area contributed by atoms with Gasteiger partial charge in [0, 0.05) is 24.3 Å². The molecule has 1 aromatic rings. The van der Waals surface area contributed by atoms with Crippen molar-refractivity contribution in [3.05, 3.63) is 41.9 Å². The summed E-state index contributed by atoms with van der Waals surface area (Å²) in [4.78, 5) is 4.31. The summed E-state index contributed by atoms with van der Waals surface area (Å²) in [5.74, 6) is 0.394. The maximum absolute atomic E-state index is 4.31. The van der Waals surface area contributed by atoms with Crippen LogP contribution in [0.2, 0.25) is 0 Å². The van der Waals surface area contributed by atoms with Crippen LogP contribution in [0.5, 0.6) is 0 Å². The van der Waals surface area contributed by atoms with Crippen LogP contribution in [0.25, 0.3) is 6.20 Å². The molecule has 2 aliphatic heterocycles. The highest BCUT2D eigenvalue weighted by molar-refractivity contribution is 5.76. The Balaban J connectivity index is 2.23. The van der Waals surface area contributed by atoms with Gasteiger partial charge in [-0.15, -0.1) is 0 Å². The molecule has 0 spiro atoms. The van der Waals surface area contributed by atoms with E-state index in [1.165, 1.54) is 5.69 Å². The minimum absolute atomic E-state index is 0.394. The molecule has 0 saturated carbocycles. The van der Waals surface area contributed by atoms with Gasteiger partial charge >= 0.3 is 0 Å². The molecule has 0 radical (unpaired) electrons. The summed E-state index contributed by atoms with van der Waals surface area (Å²) in [5, 5.41) is 0. The molecular formula is C10H8N2. The van der Waals surface area contributed by atoms with E-state index in [0.717, 1.165) is 5.70 Å². The summed E-state index contributed by atoms with van der Waals surface area (Å²) >= 11 is 0. The molecule has 2 nitrogen and oxygen atoms in total. The Labute approximate surface area is 70.5 Å². The molecule has 0 aromatic carbocycles. The summed E-state index contributed by atoms with van der Waals surface area (Å²) in [6.07, 6.45) is 10.2. The summed E-state index contributed by atoms with van der Waals surface area (Å²) < 4.78 is 2.13. The highest BCUT2D eigenvalue weighted by atomic mass is 15.0. The van der Waals surface area contributed by atoms with Crippen molar-refractivity contribution in [1.82, 2.24) is 4.57 Å². The van der Waals surface area contributed by atoms with E-state index in [4.69, 9.17) is 0 Å². The minimum atomic E-state index is 0.394. The first-order valence-corrected chi connectivity index (χ1v) is 4.04. The lowest BCUT2D eigenvalue weighted by atomic mass is 10.0. The molecule has 2 heteroatoms. The third-order valence-electron chi connectivity index (χ3n) is 2.33. The van der Waals surface area contributed by atoms with Gasteiger partial charge in [-0.05, 0) is 18.2 Å². The quantitative estimate of drug-likeness (QED) is 0.547. The van der Waals surface area contributed by atoms with Crippen LogP contribution in [-0.4, -0.2) is 10.8 Å². The molecule has 0 fully saturated rings. The second-order valence-corrected chi connectivity index (χ2v) is 3.04. The van der Waals surface area contributed by atoms with Gasteiger partial charge in [-0.1, -0.05) is 6.08 Å². The van der Waals surface area contributed by atoms with Crippen molar-refractivity contribution in [2.45, 2.75) is 5.92 Å². The average Bonchev–Trinajstić information content (AvgIpc) is 2.62. The van der Waals surface area contributed by atoms with E-state index in [9.17, 15) is 0 Å². The largest absolute Gasteiger partial charge is 0.325 e. The summed E-state index contributed by atoms with van der Waals surface area (Å²) in [7, 11) is 0. The van der Waals surface area contributed by atoms with Crippen LogP contribution in [0.3, 0.4) is 0 Å². The number of hydrogen-bond donors (Lipinski definition) is 0. The van der Waals surface area contributed by atoms with Crippen molar-refractivity contribution in [2.24, 2.45) is 4.99 Å². The number of nitrogens with zero attached hydrogens (tertiary/aromatic N) is 2. The number of rotatable bonds is 0. The van der Waals surface area contributed by atoms with Crippen molar-refractivity contribution in [3.8, 4) is 0 Å². The van der Waals surface area contributed by atoms with Gasteiger partial charge in [-0.25, -0.2) is 0 Å². The average molecular weight is 156 g/mol. The maximum Gasteiger partial charge on any atom is 0.0697 e. The predicted molar refractivity (Wildman–Crippen MR) is 49.1 cm³/mol. The number of allylic oxidation sites excluding steroid dienone is 2. The third-order valence-corrected chi connectivity index (χ3v) is 2.33. The van der Waals surface area contributed by atoms with E-state index in [-0.39, 0.29) is 0 Å². The number of aromatic nitrogens is 1. The molecular weight excluding hydrogens is 148 g/mol. The first kappa shape index (κ1) is 6.00. The molecule has 0 N–H and O–H groups in total. The zero-order valence-electron chi connectivity index (χ0n) is 6.51. The highest BCUT2D eigenvalue weighted by Gasteiger charge is 2.23. The first-order chi connectivity index (χ1) is 5.95. The zero-order valence-corrected chi connectivity index (χ0v) is 6.51. The molecule has 0 aliphatic carbocycles. The molecule has 1 unspecified atom stereocenters. The van der Waals surface area contributed by atoms with Crippen molar-refractivity contribution >= 4 is 12.4 Å². The van der Waals surface area contributed by atoms with Crippen molar-refractivity contribution in [3.63, 3.8) is 0 Å². The topological polar surface area (TPSA) is 17.3 Å². The third kappa shape index (κ3) is 0.619. The zero-order chi connectivity index (χ0) is 7.97. The summed E-state index contributed by atoms with van der Waals surface area (Å²) in [6, 6.07) is 4.20. The number of fused-ring (bicyclic) bond motifs is 3. The number of hydrogen-bond acceptors (Lipinski definition) is 1. The van der Waals surface area contributed by atoms with Crippen LogP contribution < -0.4 is 0 Å². The molecule has 3 rings (SSSR count). The van der Waals surface area contributed by atoms with Gasteiger partial charge in [0.25, 0.3) is 0 Å². The van der Waals surface area contributed by atoms with E-state index < -0.39 is 0 Å². The lowest BCUT2D eigenvalue weighted by Gasteiger charge is -2.08. The van der Waals surface area contributed by atoms with Crippen LogP contribution in [0.4, 0.5) is 0 Å². The molecule has 3 heterocycles. The van der Waals surface area contributed by atoms with Gasteiger partial charge in [-0.2, -0.15) is 0 Å². The SMILES string of the molecule is C1=CC2C(=Cn3cccc32)N=C1. The summed E-state index contributed by atoms with van der Waals surface area (Å²) in [5.41, 5.74) is 2.46. The van der Waals surface area contributed by atoms with E-state index in [1.54, 1.807) is 0 Å². The van der Waals surface area contributed by atoms with Gasteiger partial charge in [0.05, 0.1) is 11.6 Å². The second-order valence-electron chi connectivity index (χ2n) is 3.04. The molecule has 1 atom stereocenters. The Hall–Kier alpha value is -1.57. The maximum atomic E-state index is 4.31. The minimum Gasteiger partial charge on any atom is -0.325 e. The first-order valence-electron chi connectivity index (χ1n) is 4.04. The van der Waals surface area contributed by atoms with Crippen LogP contribution in [-0.2, 0) is 0 Å². The predicted octanol–water partition coefficient (Wildman–Crippen LogP) is 2.02. The Kier molecular flexibility index (Phi) is 0.987. The van der Waals surface area contributed by atoms with E-state index in [0.29, 0.717) is 5.92 Å². The van der Waals surface area contributed by atoms with Gasteiger partial charge in [0.2, 0.25) is 0 Å².